The molecule has 0 amide bonds. The number of esters is 1. The predicted molar refractivity (Wildman–Crippen MR) is 26.5 cm³/mol. The third-order valence-corrected chi connectivity index (χ3v) is 1.22. The summed E-state index contributed by atoms with van der Waals surface area (Å²) in [6.45, 7) is 0.125. The Morgan fingerprint density at radius 1 is 1.78 bits per heavy atom. The standard InChI is InChI=1S/C5H7FO3/c6-4-3(7)1-2-9-5(4)8/h3-4,7H,1-2H2/t3-,4?/m0/s1. The lowest BCUT2D eigenvalue weighted by atomic mass is 10.1. The average molecular weight is 134 g/mol. The lowest BCUT2D eigenvalue weighted by Gasteiger charge is -2.19. The first-order valence-electron chi connectivity index (χ1n) is 2.70. The van der Waals surface area contributed by atoms with Gasteiger partial charge in [0.25, 0.3) is 0 Å². The molecule has 3 nitrogen and oxygen atoms in total. The van der Waals surface area contributed by atoms with Crippen molar-refractivity contribution in [1.29, 1.82) is 0 Å². The van der Waals surface area contributed by atoms with Gasteiger partial charge < -0.3 is 9.84 Å². The van der Waals surface area contributed by atoms with Crippen LogP contribution in [0, 0.1) is 0 Å². The van der Waals surface area contributed by atoms with Crippen LogP contribution in [0.4, 0.5) is 4.39 Å². The summed E-state index contributed by atoms with van der Waals surface area (Å²) in [5.41, 5.74) is 0. The van der Waals surface area contributed by atoms with Crippen LogP contribution in [0.1, 0.15) is 6.42 Å². The first-order valence-corrected chi connectivity index (χ1v) is 2.70. The number of carbonyl (C=O) groups is 1. The summed E-state index contributed by atoms with van der Waals surface area (Å²) >= 11 is 0. The predicted octanol–water partition coefficient (Wildman–Crippen LogP) is -0.368. The van der Waals surface area contributed by atoms with E-state index in [2.05, 4.69) is 4.74 Å². The lowest BCUT2D eigenvalue weighted by Crippen LogP contribution is -2.37. The largest absolute Gasteiger partial charge is 0.463 e. The van der Waals surface area contributed by atoms with Crippen molar-refractivity contribution in [2.24, 2.45) is 0 Å². The van der Waals surface area contributed by atoms with E-state index >= 15 is 0 Å². The maximum Gasteiger partial charge on any atom is 0.343 e. The zero-order valence-corrected chi connectivity index (χ0v) is 4.71. The van der Waals surface area contributed by atoms with Crippen molar-refractivity contribution in [2.45, 2.75) is 18.7 Å². The second kappa shape index (κ2) is 2.31. The van der Waals surface area contributed by atoms with Gasteiger partial charge in [-0.05, 0) is 0 Å². The Kier molecular flexibility index (Phi) is 1.66. The maximum atomic E-state index is 12.2. The first kappa shape index (κ1) is 6.48. The Bertz CT molecular complexity index is 125. The fourth-order valence-electron chi connectivity index (χ4n) is 0.663. The fourth-order valence-corrected chi connectivity index (χ4v) is 0.663. The Hall–Kier alpha value is -0.640. The zero-order chi connectivity index (χ0) is 6.85. The number of ether oxygens (including phenoxy) is 1. The van der Waals surface area contributed by atoms with Crippen molar-refractivity contribution in [3.05, 3.63) is 0 Å². The summed E-state index contributed by atoms with van der Waals surface area (Å²) < 4.78 is 16.5. The molecule has 0 aromatic heterocycles. The number of halogens is 1. The highest BCUT2D eigenvalue weighted by molar-refractivity contribution is 5.75. The molecule has 1 fully saturated rings. The number of cyclic esters (lactones) is 1. The first-order chi connectivity index (χ1) is 4.22. The molecule has 0 saturated carbocycles. The molecular weight excluding hydrogens is 127 g/mol. The monoisotopic (exact) mass is 134 g/mol. The number of hydrogen-bond donors (Lipinski definition) is 1. The highest BCUT2D eigenvalue weighted by Crippen LogP contribution is 2.11. The van der Waals surface area contributed by atoms with Gasteiger partial charge in [0, 0.05) is 6.42 Å². The number of carbonyl (C=O) groups excluding carboxylic acids is 1. The van der Waals surface area contributed by atoms with E-state index in [1.807, 2.05) is 0 Å². The van der Waals surface area contributed by atoms with Crippen LogP contribution in [0.3, 0.4) is 0 Å². The Morgan fingerprint density at radius 2 is 2.44 bits per heavy atom. The van der Waals surface area contributed by atoms with Gasteiger partial charge in [0.15, 0.2) is 0 Å². The van der Waals surface area contributed by atoms with Crippen molar-refractivity contribution < 1.29 is 19.0 Å². The Balaban J connectivity index is 2.51. The third kappa shape index (κ3) is 1.18. The van der Waals surface area contributed by atoms with E-state index in [4.69, 9.17) is 5.11 Å². The molecule has 1 aliphatic rings. The van der Waals surface area contributed by atoms with Gasteiger partial charge in [-0.25, -0.2) is 9.18 Å². The molecule has 1 N–H and O–H groups in total. The molecule has 2 atom stereocenters. The molecule has 1 unspecified atom stereocenters. The fraction of sp³-hybridized carbons (Fsp3) is 0.800. The number of alkyl halides is 1. The summed E-state index contributed by atoms with van der Waals surface area (Å²) in [7, 11) is 0. The van der Waals surface area contributed by atoms with Gasteiger partial charge in [-0.2, -0.15) is 0 Å². The van der Waals surface area contributed by atoms with Gasteiger partial charge in [-0.15, -0.1) is 0 Å². The van der Waals surface area contributed by atoms with Crippen LogP contribution >= 0.6 is 0 Å². The average Bonchev–Trinajstić information content (AvgIpc) is 1.83. The van der Waals surface area contributed by atoms with Gasteiger partial charge in [0.2, 0.25) is 6.17 Å². The summed E-state index contributed by atoms with van der Waals surface area (Å²) in [4.78, 5) is 10.2. The van der Waals surface area contributed by atoms with Gasteiger partial charge in [-0.3, -0.25) is 0 Å². The number of rotatable bonds is 0. The van der Waals surface area contributed by atoms with Gasteiger partial charge >= 0.3 is 5.97 Å². The van der Waals surface area contributed by atoms with E-state index in [0.29, 0.717) is 0 Å². The molecule has 52 valence electrons. The Labute approximate surface area is 51.4 Å². The van der Waals surface area contributed by atoms with E-state index in [9.17, 15) is 9.18 Å². The molecule has 1 rings (SSSR count). The third-order valence-electron chi connectivity index (χ3n) is 1.22. The molecule has 0 aliphatic carbocycles. The van der Waals surface area contributed by atoms with E-state index in [0.717, 1.165) is 0 Å². The minimum absolute atomic E-state index is 0.125. The molecule has 9 heavy (non-hydrogen) atoms. The molecule has 0 radical (unpaired) electrons. The molecule has 0 aromatic rings. The summed E-state index contributed by atoms with van der Waals surface area (Å²) in [5, 5.41) is 8.67. The number of hydrogen-bond acceptors (Lipinski definition) is 3. The zero-order valence-electron chi connectivity index (χ0n) is 4.71. The maximum absolute atomic E-state index is 12.2. The van der Waals surface area contributed by atoms with E-state index in [1.54, 1.807) is 0 Å². The SMILES string of the molecule is O=C1OCC[C@H](O)C1F. The lowest BCUT2D eigenvalue weighted by molar-refractivity contribution is -0.162. The van der Waals surface area contributed by atoms with Crippen LogP contribution in [0.5, 0.6) is 0 Å². The van der Waals surface area contributed by atoms with Crippen molar-refractivity contribution in [3.63, 3.8) is 0 Å². The molecule has 0 spiro atoms. The van der Waals surface area contributed by atoms with Crippen LogP contribution < -0.4 is 0 Å². The van der Waals surface area contributed by atoms with E-state index < -0.39 is 18.2 Å². The van der Waals surface area contributed by atoms with Crippen LogP contribution in [-0.4, -0.2) is 30.0 Å². The minimum Gasteiger partial charge on any atom is -0.463 e. The summed E-state index contributed by atoms with van der Waals surface area (Å²) in [6.07, 6.45) is -2.79. The Morgan fingerprint density at radius 3 is 2.89 bits per heavy atom. The van der Waals surface area contributed by atoms with Crippen LogP contribution in [-0.2, 0) is 9.53 Å². The van der Waals surface area contributed by atoms with Crippen LogP contribution in [0.15, 0.2) is 0 Å². The highest BCUT2D eigenvalue weighted by Gasteiger charge is 2.31. The van der Waals surface area contributed by atoms with Crippen molar-refractivity contribution in [2.75, 3.05) is 6.61 Å². The summed E-state index contributed by atoms with van der Waals surface area (Å²) in [6, 6.07) is 0. The second-order valence-corrected chi connectivity index (χ2v) is 1.93. The molecular formula is C5H7FO3. The molecule has 1 heterocycles. The number of aliphatic hydroxyl groups is 1. The highest BCUT2D eigenvalue weighted by atomic mass is 19.1. The normalized spacial score (nSPS) is 36.0. The minimum atomic E-state index is -1.83. The van der Waals surface area contributed by atoms with Gasteiger partial charge in [-0.1, -0.05) is 0 Å². The quantitative estimate of drug-likeness (QED) is 0.460. The van der Waals surface area contributed by atoms with Gasteiger partial charge in [0.1, 0.15) is 0 Å². The van der Waals surface area contributed by atoms with Crippen LogP contribution in [0.2, 0.25) is 0 Å². The van der Waals surface area contributed by atoms with E-state index in [1.165, 1.54) is 0 Å². The van der Waals surface area contributed by atoms with Crippen molar-refractivity contribution in [3.8, 4) is 0 Å². The summed E-state index contributed by atoms with van der Waals surface area (Å²) in [5.74, 6) is -0.950. The van der Waals surface area contributed by atoms with Crippen molar-refractivity contribution >= 4 is 5.97 Å². The van der Waals surface area contributed by atoms with E-state index in [-0.39, 0.29) is 13.0 Å². The molecule has 1 aliphatic heterocycles. The van der Waals surface area contributed by atoms with Gasteiger partial charge in [0.05, 0.1) is 12.7 Å². The molecule has 4 heteroatoms. The second-order valence-electron chi connectivity index (χ2n) is 1.93. The van der Waals surface area contributed by atoms with Crippen LogP contribution in [0.25, 0.3) is 0 Å². The molecule has 0 aromatic carbocycles. The molecule has 1 saturated heterocycles. The number of aliphatic hydroxyl groups excluding tert-OH is 1. The topological polar surface area (TPSA) is 46.5 Å². The molecule has 0 bridgehead atoms. The van der Waals surface area contributed by atoms with Crippen molar-refractivity contribution in [1.82, 2.24) is 0 Å². The smallest absolute Gasteiger partial charge is 0.343 e.